The zero-order valence-electron chi connectivity index (χ0n) is 12.1. The highest BCUT2D eigenvalue weighted by Gasteiger charge is 2.47. The lowest BCUT2D eigenvalue weighted by atomic mass is 10.1. The van der Waals surface area contributed by atoms with Crippen LogP contribution in [0.3, 0.4) is 0 Å². The predicted octanol–water partition coefficient (Wildman–Crippen LogP) is 2.39. The lowest BCUT2D eigenvalue weighted by Gasteiger charge is -2.24. The van der Waals surface area contributed by atoms with E-state index in [2.05, 4.69) is 10.2 Å². The van der Waals surface area contributed by atoms with Gasteiger partial charge < -0.3 is 15.0 Å². The van der Waals surface area contributed by atoms with Gasteiger partial charge in [-0.1, -0.05) is 0 Å². The van der Waals surface area contributed by atoms with Gasteiger partial charge in [-0.05, 0) is 58.9 Å². The average Bonchev–Trinajstić information content (AvgIpc) is 2.79. The number of likely N-dealkylation sites (tertiary alicyclic amines) is 1. The highest BCUT2D eigenvalue weighted by atomic mass is 16.6. The minimum Gasteiger partial charge on any atom is -0.444 e. The lowest BCUT2D eigenvalue weighted by Crippen LogP contribution is -2.43. The topological polar surface area (TPSA) is 41.6 Å². The molecule has 1 saturated carbocycles. The Morgan fingerprint density at radius 2 is 2.06 bits per heavy atom. The maximum Gasteiger partial charge on any atom is 0.407 e. The van der Waals surface area contributed by atoms with Gasteiger partial charge in [0, 0.05) is 19.1 Å². The first-order chi connectivity index (χ1) is 8.28. The number of ether oxygens (including phenoxy) is 1. The molecule has 2 aliphatic rings. The molecule has 1 N–H and O–H groups in total. The number of nitrogens with one attached hydrogen (secondary N) is 1. The smallest absolute Gasteiger partial charge is 0.407 e. The average molecular weight is 254 g/mol. The van der Waals surface area contributed by atoms with Gasteiger partial charge in [-0.2, -0.15) is 0 Å². The summed E-state index contributed by atoms with van der Waals surface area (Å²) in [6, 6.07) is 0.147. The Kier molecular flexibility index (Phi) is 3.58. The van der Waals surface area contributed by atoms with Crippen molar-refractivity contribution in [2.24, 2.45) is 5.41 Å². The summed E-state index contributed by atoms with van der Waals surface area (Å²) in [4.78, 5) is 14.1. The van der Waals surface area contributed by atoms with Crippen LogP contribution in [0.15, 0.2) is 0 Å². The Labute approximate surface area is 110 Å². The van der Waals surface area contributed by atoms with Crippen LogP contribution in [-0.4, -0.2) is 42.3 Å². The van der Waals surface area contributed by atoms with E-state index in [0.29, 0.717) is 5.41 Å². The second-order valence-corrected chi connectivity index (χ2v) is 7.03. The number of alkyl carbamates (subject to hydrolysis) is 1. The van der Waals surface area contributed by atoms with Crippen LogP contribution in [0.2, 0.25) is 0 Å². The van der Waals surface area contributed by atoms with Crippen LogP contribution < -0.4 is 5.32 Å². The van der Waals surface area contributed by atoms with Gasteiger partial charge in [0.25, 0.3) is 0 Å². The van der Waals surface area contributed by atoms with Gasteiger partial charge in [0.05, 0.1) is 0 Å². The van der Waals surface area contributed by atoms with Crippen LogP contribution in [0, 0.1) is 5.41 Å². The van der Waals surface area contributed by atoms with Gasteiger partial charge in [0.1, 0.15) is 5.60 Å². The van der Waals surface area contributed by atoms with Crippen molar-refractivity contribution in [2.45, 2.75) is 58.6 Å². The predicted molar refractivity (Wildman–Crippen MR) is 71.6 cm³/mol. The number of carbonyl (C=O) groups is 1. The summed E-state index contributed by atoms with van der Waals surface area (Å²) in [6.45, 7) is 11.0. The maximum atomic E-state index is 11.6. The van der Waals surface area contributed by atoms with Gasteiger partial charge in [-0.15, -0.1) is 0 Å². The summed E-state index contributed by atoms with van der Waals surface area (Å²) in [5.74, 6) is 0. The summed E-state index contributed by atoms with van der Waals surface area (Å²) in [5, 5.41) is 2.91. The molecule has 1 aliphatic heterocycles. The summed E-state index contributed by atoms with van der Waals surface area (Å²) in [7, 11) is 0. The molecule has 104 valence electrons. The third-order valence-electron chi connectivity index (χ3n) is 3.77. The number of rotatable bonds is 3. The SMILES string of the molecule is C[C@H](CN1CCC2(CC2)C1)NC(=O)OC(C)(C)C. The van der Waals surface area contributed by atoms with E-state index in [1.165, 1.54) is 32.4 Å². The van der Waals surface area contributed by atoms with Crippen molar-refractivity contribution in [3.63, 3.8) is 0 Å². The Morgan fingerprint density at radius 1 is 1.39 bits per heavy atom. The monoisotopic (exact) mass is 254 g/mol. The Morgan fingerprint density at radius 3 is 2.56 bits per heavy atom. The highest BCUT2D eigenvalue weighted by Crippen LogP contribution is 2.52. The van der Waals surface area contributed by atoms with Crippen molar-refractivity contribution in [2.75, 3.05) is 19.6 Å². The maximum absolute atomic E-state index is 11.6. The van der Waals surface area contributed by atoms with Crippen LogP contribution in [0.4, 0.5) is 4.79 Å². The molecule has 2 rings (SSSR count). The quantitative estimate of drug-likeness (QED) is 0.841. The second-order valence-electron chi connectivity index (χ2n) is 7.03. The van der Waals surface area contributed by atoms with E-state index in [0.717, 1.165) is 6.54 Å². The number of amides is 1. The molecule has 0 unspecified atom stereocenters. The van der Waals surface area contributed by atoms with E-state index < -0.39 is 5.60 Å². The molecule has 1 aliphatic carbocycles. The molecule has 0 bridgehead atoms. The van der Waals surface area contributed by atoms with E-state index in [1.807, 2.05) is 27.7 Å². The molecule has 1 atom stereocenters. The third-order valence-corrected chi connectivity index (χ3v) is 3.77. The molecule has 2 fully saturated rings. The van der Waals surface area contributed by atoms with Crippen LogP contribution in [-0.2, 0) is 4.74 Å². The number of hydrogen-bond donors (Lipinski definition) is 1. The molecule has 0 aromatic rings. The minimum atomic E-state index is -0.421. The first-order valence-corrected chi connectivity index (χ1v) is 7.00. The van der Waals surface area contributed by atoms with Crippen molar-refractivity contribution in [1.29, 1.82) is 0 Å². The van der Waals surface area contributed by atoms with E-state index in [1.54, 1.807) is 0 Å². The Bertz CT molecular complexity index is 318. The molecule has 18 heavy (non-hydrogen) atoms. The number of hydrogen-bond acceptors (Lipinski definition) is 3. The fraction of sp³-hybridized carbons (Fsp3) is 0.929. The normalized spacial score (nSPS) is 24.0. The molecule has 1 amide bonds. The zero-order valence-corrected chi connectivity index (χ0v) is 12.1. The standard InChI is InChI=1S/C14H26N2O2/c1-11(15-12(17)18-13(2,3)4)9-16-8-7-14(10-16)5-6-14/h11H,5-10H2,1-4H3,(H,15,17)/t11-/m1/s1. The lowest BCUT2D eigenvalue weighted by molar-refractivity contribution is 0.0499. The van der Waals surface area contributed by atoms with Gasteiger partial charge in [0.2, 0.25) is 0 Å². The molecular weight excluding hydrogens is 228 g/mol. The van der Waals surface area contributed by atoms with Gasteiger partial charge >= 0.3 is 6.09 Å². The molecule has 0 aromatic heterocycles. The molecule has 1 heterocycles. The van der Waals surface area contributed by atoms with E-state index in [-0.39, 0.29) is 12.1 Å². The van der Waals surface area contributed by atoms with Crippen molar-refractivity contribution < 1.29 is 9.53 Å². The van der Waals surface area contributed by atoms with Crippen molar-refractivity contribution in [1.82, 2.24) is 10.2 Å². The molecule has 4 nitrogen and oxygen atoms in total. The van der Waals surface area contributed by atoms with E-state index >= 15 is 0 Å². The number of nitrogens with zero attached hydrogens (tertiary/aromatic N) is 1. The molecule has 0 radical (unpaired) electrons. The van der Waals surface area contributed by atoms with E-state index in [4.69, 9.17) is 4.74 Å². The Hall–Kier alpha value is -0.770. The van der Waals surface area contributed by atoms with Crippen LogP contribution in [0.1, 0.15) is 47.0 Å². The van der Waals surface area contributed by atoms with Crippen LogP contribution >= 0.6 is 0 Å². The molecule has 1 saturated heterocycles. The summed E-state index contributed by atoms with van der Waals surface area (Å²) in [6.07, 6.45) is 3.83. The largest absolute Gasteiger partial charge is 0.444 e. The fourth-order valence-electron chi connectivity index (χ4n) is 2.71. The molecular formula is C14H26N2O2. The summed E-state index contributed by atoms with van der Waals surface area (Å²) < 4.78 is 5.26. The number of carbonyl (C=O) groups excluding carboxylic acids is 1. The minimum absolute atomic E-state index is 0.147. The molecule has 4 heteroatoms. The van der Waals surface area contributed by atoms with Crippen LogP contribution in [0.25, 0.3) is 0 Å². The fourth-order valence-corrected chi connectivity index (χ4v) is 2.71. The van der Waals surface area contributed by atoms with E-state index in [9.17, 15) is 4.79 Å². The van der Waals surface area contributed by atoms with Gasteiger partial charge in [0.15, 0.2) is 0 Å². The van der Waals surface area contributed by atoms with Gasteiger partial charge in [-0.3, -0.25) is 0 Å². The summed E-state index contributed by atoms with van der Waals surface area (Å²) >= 11 is 0. The molecule has 0 aromatic carbocycles. The Balaban J connectivity index is 1.68. The van der Waals surface area contributed by atoms with Gasteiger partial charge in [-0.25, -0.2) is 4.79 Å². The zero-order chi connectivity index (χ0) is 13.4. The summed E-state index contributed by atoms with van der Waals surface area (Å²) in [5.41, 5.74) is 0.237. The highest BCUT2D eigenvalue weighted by molar-refractivity contribution is 5.68. The van der Waals surface area contributed by atoms with Crippen molar-refractivity contribution in [3.8, 4) is 0 Å². The first-order valence-electron chi connectivity index (χ1n) is 7.00. The molecule has 1 spiro atoms. The van der Waals surface area contributed by atoms with Crippen molar-refractivity contribution >= 4 is 6.09 Å². The second kappa shape index (κ2) is 4.72. The first kappa shape index (κ1) is 13.7. The van der Waals surface area contributed by atoms with Crippen molar-refractivity contribution in [3.05, 3.63) is 0 Å². The van der Waals surface area contributed by atoms with Crippen LogP contribution in [0.5, 0.6) is 0 Å². The third kappa shape index (κ3) is 3.87.